The van der Waals surface area contributed by atoms with E-state index in [-0.39, 0.29) is 0 Å². The van der Waals surface area contributed by atoms with Gasteiger partial charge in [0, 0.05) is 32.7 Å². The lowest BCUT2D eigenvalue weighted by Crippen LogP contribution is -2.39. The topological polar surface area (TPSA) is 6.48 Å². The Labute approximate surface area is 241 Å². The van der Waals surface area contributed by atoms with Crippen molar-refractivity contribution in [2.24, 2.45) is 0 Å². The summed E-state index contributed by atoms with van der Waals surface area (Å²) < 4.78 is 0. The Morgan fingerprint density at radius 2 is 0.775 bits per heavy atom. The number of benzene rings is 5. The van der Waals surface area contributed by atoms with Gasteiger partial charge in [0.1, 0.15) is 23.2 Å². The molecule has 2 nitrogen and oxygen atoms in total. The Balaban J connectivity index is 1.35. The largest absolute Gasteiger partial charge is 0.301 e. The van der Waals surface area contributed by atoms with Crippen LogP contribution in [-0.4, -0.2) is 42.6 Å². The van der Waals surface area contributed by atoms with Crippen LogP contribution in [0.2, 0.25) is 0 Å². The molecule has 0 N–H and O–H groups in total. The second kappa shape index (κ2) is 14.2. The zero-order valence-electron chi connectivity index (χ0n) is 23.5. The molecule has 0 saturated heterocycles. The third-order valence-electron chi connectivity index (χ3n) is 7.70. The summed E-state index contributed by atoms with van der Waals surface area (Å²) in [5, 5.41) is 4.36. The fourth-order valence-corrected chi connectivity index (χ4v) is 9.88. The molecule has 5 aromatic rings. The lowest BCUT2D eigenvalue weighted by Gasteiger charge is -2.30. The first-order valence-corrected chi connectivity index (χ1v) is 16.3. The first-order chi connectivity index (χ1) is 19.7. The Kier molecular flexibility index (Phi) is 9.93. The monoisotopic (exact) mass is 543 g/mol. The summed E-state index contributed by atoms with van der Waals surface area (Å²) in [5.41, 5.74) is 2.73. The highest BCUT2D eigenvalue weighted by Gasteiger charge is 2.44. The van der Waals surface area contributed by atoms with E-state index < -0.39 is 7.26 Å². The highest BCUT2D eigenvalue weighted by Crippen LogP contribution is 2.55. The van der Waals surface area contributed by atoms with E-state index >= 15 is 0 Å². The summed E-state index contributed by atoms with van der Waals surface area (Å²) in [6, 6.07) is 55.4. The Morgan fingerprint density at radius 1 is 0.425 bits per heavy atom. The van der Waals surface area contributed by atoms with E-state index in [2.05, 4.69) is 169 Å². The molecule has 0 fully saturated rings. The second-order valence-corrected chi connectivity index (χ2v) is 14.1. The molecular weight excluding hydrogens is 503 g/mol. The minimum absolute atomic E-state index is 0.957. The Bertz CT molecular complexity index is 1260. The Hall–Kier alpha value is -3.55. The SMILES string of the molecule is CN(CCN(Cc1ccccc1)Cc1ccccc1)CC[P+](c1ccccc1)(c1ccccc1)c1ccccc1. The van der Waals surface area contributed by atoms with Crippen LogP contribution in [0, 0.1) is 0 Å². The number of hydrogen-bond donors (Lipinski definition) is 0. The average molecular weight is 544 g/mol. The van der Waals surface area contributed by atoms with Crippen molar-refractivity contribution in [3.05, 3.63) is 163 Å². The highest BCUT2D eigenvalue weighted by molar-refractivity contribution is 7.95. The lowest BCUT2D eigenvalue weighted by molar-refractivity contribution is 0.216. The van der Waals surface area contributed by atoms with Gasteiger partial charge in [0.05, 0.1) is 6.16 Å². The van der Waals surface area contributed by atoms with Crippen LogP contribution in [-0.2, 0) is 13.1 Å². The molecule has 0 spiro atoms. The summed E-state index contributed by atoms with van der Waals surface area (Å²) in [4.78, 5) is 5.11. The summed E-state index contributed by atoms with van der Waals surface area (Å²) in [6.07, 6.45) is 1.11. The Morgan fingerprint density at radius 3 is 1.15 bits per heavy atom. The van der Waals surface area contributed by atoms with Gasteiger partial charge in [-0.2, -0.15) is 0 Å². The van der Waals surface area contributed by atoms with E-state index in [9.17, 15) is 0 Å². The maximum atomic E-state index is 2.58. The molecule has 0 heterocycles. The molecule has 0 bridgehead atoms. The van der Waals surface area contributed by atoms with Crippen molar-refractivity contribution < 1.29 is 0 Å². The average Bonchev–Trinajstić information content (AvgIpc) is 3.03. The lowest BCUT2D eigenvalue weighted by atomic mass is 10.1. The summed E-state index contributed by atoms with van der Waals surface area (Å²) in [7, 11) is 0.471. The molecular formula is C37H40N2P+. The minimum Gasteiger partial charge on any atom is -0.301 e. The van der Waals surface area contributed by atoms with Gasteiger partial charge in [-0.15, -0.1) is 0 Å². The number of hydrogen-bond acceptors (Lipinski definition) is 2. The van der Waals surface area contributed by atoms with Crippen molar-refractivity contribution in [2.75, 3.05) is 32.8 Å². The van der Waals surface area contributed by atoms with Gasteiger partial charge >= 0.3 is 0 Å². The molecule has 0 aliphatic rings. The fraction of sp³-hybridized carbons (Fsp3) is 0.189. The standard InChI is InChI=1S/C37H40N2P/c1-38(27-28-39(31-33-17-7-2-8-18-33)32-34-19-9-3-10-20-34)29-30-40(35-21-11-4-12-22-35,36-23-13-5-14-24-36)37-25-15-6-16-26-37/h2-26H,27-32H2,1H3/q+1. The zero-order valence-corrected chi connectivity index (χ0v) is 24.4. The molecule has 5 aromatic carbocycles. The minimum atomic E-state index is -1.82. The smallest absolute Gasteiger partial charge is 0.113 e. The normalized spacial score (nSPS) is 11.7. The van der Waals surface area contributed by atoms with E-state index in [1.807, 2.05) is 0 Å². The highest BCUT2D eigenvalue weighted by atomic mass is 31.2. The van der Waals surface area contributed by atoms with Crippen molar-refractivity contribution in [3.63, 3.8) is 0 Å². The van der Waals surface area contributed by atoms with E-state index in [0.717, 1.165) is 38.9 Å². The van der Waals surface area contributed by atoms with Gasteiger partial charge in [-0.1, -0.05) is 115 Å². The van der Waals surface area contributed by atoms with E-state index in [4.69, 9.17) is 0 Å². The molecule has 0 aromatic heterocycles. The van der Waals surface area contributed by atoms with Gasteiger partial charge in [-0.25, -0.2) is 0 Å². The third-order valence-corrected chi connectivity index (χ3v) is 12.1. The summed E-state index contributed by atoms with van der Waals surface area (Å²) >= 11 is 0. The van der Waals surface area contributed by atoms with Crippen molar-refractivity contribution in [1.29, 1.82) is 0 Å². The maximum absolute atomic E-state index is 2.58. The van der Waals surface area contributed by atoms with Crippen LogP contribution in [0.25, 0.3) is 0 Å². The van der Waals surface area contributed by atoms with Gasteiger partial charge in [0.15, 0.2) is 0 Å². The van der Waals surface area contributed by atoms with Crippen molar-refractivity contribution in [3.8, 4) is 0 Å². The molecule has 0 saturated carbocycles. The van der Waals surface area contributed by atoms with Crippen LogP contribution < -0.4 is 15.9 Å². The zero-order chi connectivity index (χ0) is 27.5. The van der Waals surface area contributed by atoms with Crippen LogP contribution in [0.1, 0.15) is 11.1 Å². The summed E-state index contributed by atoms with van der Waals surface area (Å²) in [5.74, 6) is 0. The molecule has 0 unspecified atom stereocenters. The predicted octanol–water partition coefficient (Wildman–Crippen LogP) is 6.61. The fourth-order valence-electron chi connectivity index (χ4n) is 5.52. The second-order valence-electron chi connectivity index (χ2n) is 10.5. The van der Waals surface area contributed by atoms with Gasteiger partial charge in [0.2, 0.25) is 0 Å². The maximum Gasteiger partial charge on any atom is 0.113 e. The molecule has 0 atom stereocenters. The van der Waals surface area contributed by atoms with E-state index in [1.165, 1.54) is 27.0 Å². The first kappa shape index (κ1) is 28.0. The molecule has 202 valence electrons. The summed E-state index contributed by atoms with van der Waals surface area (Å²) in [6.45, 7) is 5.00. The van der Waals surface area contributed by atoms with Crippen LogP contribution in [0.4, 0.5) is 0 Å². The van der Waals surface area contributed by atoms with Crippen LogP contribution in [0.5, 0.6) is 0 Å². The van der Waals surface area contributed by atoms with Crippen molar-refractivity contribution >= 4 is 23.2 Å². The molecule has 0 aliphatic heterocycles. The van der Waals surface area contributed by atoms with E-state index in [0.29, 0.717) is 0 Å². The molecule has 5 rings (SSSR count). The number of nitrogens with zero attached hydrogens (tertiary/aromatic N) is 2. The van der Waals surface area contributed by atoms with Gasteiger partial charge in [0.25, 0.3) is 0 Å². The molecule has 40 heavy (non-hydrogen) atoms. The first-order valence-electron chi connectivity index (χ1n) is 14.3. The van der Waals surface area contributed by atoms with Gasteiger partial charge in [-0.05, 0) is 54.6 Å². The van der Waals surface area contributed by atoms with E-state index in [1.54, 1.807) is 0 Å². The predicted molar refractivity (Wildman–Crippen MR) is 175 cm³/mol. The van der Waals surface area contributed by atoms with Gasteiger partial charge in [-0.3, -0.25) is 4.90 Å². The molecule has 0 amide bonds. The van der Waals surface area contributed by atoms with Crippen molar-refractivity contribution in [1.82, 2.24) is 9.80 Å². The molecule has 0 radical (unpaired) electrons. The number of rotatable bonds is 13. The molecule has 0 aliphatic carbocycles. The van der Waals surface area contributed by atoms with Crippen molar-refractivity contribution in [2.45, 2.75) is 13.1 Å². The van der Waals surface area contributed by atoms with Crippen LogP contribution >= 0.6 is 7.26 Å². The van der Waals surface area contributed by atoms with Crippen LogP contribution in [0.15, 0.2) is 152 Å². The van der Waals surface area contributed by atoms with Crippen LogP contribution in [0.3, 0.4) is 0 Å². The van der Waals surface area contributed by atoms with Gasteiger partial charge < -0.3 is 4.90 Å². The molecule has 3 heteroatoms. The third kappa shape index (κ3) is 7.14. The quantitative estimate of drug-likeness (QED) is 0.154. The number of likely N-dealkylation sites (N-methyl/N-ethyl adjacent to an activating group) is 1.